The second-order valence-electron chi connectivity index (χ2n) is 7.55. The van der Waals surface area contributed by atoms with Crippen LogP contribution in [0.25, 0.3) is 0 Å². The Hall–Kier alpha value is -2.51. The molecule has 1 amide bonds. The number of methoxy groups -OCH3 is 2. The van der Waals surface area contributed by atoms with E-state index >= 15 is 0 Å². The minimum Gasteiger partial charge on any atom is -0.493 e. The Morgan fingerprint density at radius 1 is 1.03 bits per heavy atom. The molecular weight excluding hydrogens is 412 g/mol. The topological polar surface area (TPSA) is 59.1 Å². The van der Waals surface area contributed by atoms with E-state index in [1.54, 1.807) is 24.1 Å². The second kappa shape index (κ2) is 11.2. The van der Waals surface area contributed by atoms with Gasteiger partial charge < -0.3 is 19.3 Å². The van der Waals surface area contributed by atoms with Crippen molar-refractivity contribution in [3.63, 3.8) is 0 Å². The molecule has 0 aliphatic carbocycles. The normalized spacial score (nSPS) is 13.9. The van der Waals surface area contributed by atoms with E-state index in [1.807, 2.05) is 17.8 Å². The van der Waals surface area contributed by atoms with Gasteiger partial charge in [-0.05, 0) is 56.3 Å². The first-order valence-electron chi connectivity index (χ1n) is 10.5. The number of benzene rings is 2. The maximum absolute atomic E-state index is 12.8. The quantitative estimate of drug-likeness (QED) is 0.415. The van der Waals surface area contributed by atoms with Crippen molar-refractivity contribution in [1.82, 2.24) is 9.80 Å². The molecular formula is C24H30N2O4S. The van der Waals surface area contributed by atoms with E-state index in [0.29, 0.717) is 36.6 Å². The second-order valence-corrected chi connectivity index (χ2v) is 8.72. The Morgan fingerprint density at radius 3 is 2.45 bits per heavy atom. The number of hydrogen-bond donors (Lipinski definition) is 0. The van der Waals surface area contributed by atoms with E-state index < -0.39 is 11.7 Å². The molecule has 1 aliphatic rings. The van der Waals surface area contributed by atoms with E-state index in [0.717, 1.165) is 30.8 Å². The minimum absolute atomic E-state index is 0.417. The maximum Gasteiger partial charge on any atom is 0.294 e. The molecule has 2 aromatic carbocycles. The van der Waals surface area contributed by atoms with Crippen LogP contribution in [-0.4, -0.2) is 74.7 Å². The summed E-state index contributed by atoms with van der Waals surface area (Å²) in [6.45, 7) is 2.95. The zero-order chi connectivity index (χ0) is 22.2. The number of rotatable bonds is 10. The van der Waals surface area contributed by atoms with Crippen molar-refractivity contribution in [2.75, 3.05) is 53.2 Å². The first kappa shape index (κ1) is 23.2. The summed E-state index contributed by atoms with van der Waals surface area (Å²) in [5.74, 6) is 1.14. The van der Waals surface area contributed by atoms with Gasteiger partial charge in [-0.1, -0.05) is 18.2 Å². The van der Waals surface area contributed by atoms with Crippen LogP contribution >= 0.6 is 11.8 Å². The smallest absolute Gasteiger partial charge is 0.294 e. The van der Waals surface area contributed by atoms with Gasteiger partial charge in [0.1, 0.15) is 0 Å². The van der Waals surface area contributed by atoms with Crippen LogP contribution in [0, 0.1) is 0 Å². The summed E-state index contributed by atoms with van der Waals surface area (Å²) in [5.41, 5.74) is 1.24. The summed E-state index contributed by atoms with van der Waals surface area (Å²) in [6, 6.07) is 13.8. The number of thioether (sulfide) groups is 1. The van der Waals surface area contributed by atoms with Crippen LogP contribution in [-0.2, 0) is 11.2 Å². The van der Waals surface area contributed by atoms with Crippen molar-refractivity contribution in [3.05, 3.63) is 53.6 Å². The first-order chi connectivity index (χ1) is 15.0. The van der Waals surface area contributed by atoms with Gasteiger partial charge in [0.25, 0.3) is 11.7 Å². The average Bonchev–Trinajstić information content (AvgIpc) is 2.90. The van der Waals surface area contributed by atoms with Gasteiger partial charge in [-0.25, -0.2) is 0 Å². The summed E-state index contributed by atoms with van der Waals surface area (Å²) >= 11 is 1.84. The van der Waals surface area contributed by atoms with E-state index in [-0.39, 0.29) is 0 Å². The molecule has 0 saturated heterocycles. The minimum atomic E-state index is -0.471. The third-order valence-corrected chi connectivity index (χ3v) is 6.43. The monoisotopic (exact) mass is 442 g/mol. The fourth-order valence-electron chi connectivity index (χ4n) is 3.65. The van der Waals surface area contributed by atoms with E-state index in [1.165, 1.54) is 12.0 Å². The molecule has 31 heavy (non-hydrogen) atoms. The highest BCUT2D eigenvalue weighted by atomic mass is 32.2. The van der Waals surface area contributed by atoms with Gasteiger partial charge in [0.05, 0.1) is 14.2 Å². The molecule has 0 radical (unpaired) electrons. The summed E-state index contributed by atoms with van der Waals surface area (Å²) in [6.07, 6.45) is 1.45. The SMILES string of the molecule is COc1cc2c(cc1OC)C(=O)C(=O)N(CCCN(C)CCSc1ccccc1)CC2. The van der Waals surface area contributed by atoms with Gasteiger partial charge in [-0.15, -0.1) is 11.8 Å². The number of ketones is 1. The van der Waals surface area contributed by atoms with Crippen LogP contribution in [0.4, 0.5) is 0 Å². The largest absolute Gasteiger partial charge is 0.493 e. The average molecular weight is 443 g/mol. The molecule has 0 unspecified atom stereocenters. The van der Waals surface area contributed by atoms with E-state index in [4.69, 9.17) is 9.47 Å². The van der Waals surface area contributed by atoms with Gasteiger partial charge >= 0.3 is 0 Å². The molecule has 0 bridgehead atoms. The highest BCUT2D eigenvalue weighted by molar-refractivity contribution is 7.99. The van der Waals surface area contributed by atoms with Gasteiger partial charge in [0, 0.05) is 35.8 Å². The lowest BCUT2D eigenvalue weighted by atomic mass is 10.0. The van der Waals surface area contributed by atoms with Crippen molar-refractivity contribution >= 4 is 23.5 Å². The lowest BCUT2D eigenvalue weighted by Crippen LogP contribution is -2.38. The fraction of sp³-hybridized carbons (Fsp3) is 0.417. The molecule has 0 saturated carbocycles. The molecule has 0 spiro atoms. The van der Waals surface area contributed by atoms with Gasteiger partial charge in [0.15, 0.2) is 11.5 Å². The van der Waals surface area contributed by atoms with Crippen LogP contribution in [0.15, 0.2) is 47.4 Å². The molecule has 1 heterocycles. The zero-order valence-electron chi connectivity index (χ0n) is 18.4. The number of fused-ring (bicyclic) bond motifs is 1. The number of amides is 1. The molecule has 1 aliphatic heterocycles. The highest BCUT2D eigenvalue weighted by Gasteiger charge is 2.30. The molecule has 7 heteroatoms. The van der Waals surface area contributed by atoms with E-state index in [2.05, 4.69) is 36.2 Å². The Kier molecular flexibility index (Phi) is 8.37. The predicted molar refractivity (Wildman–Crippen MR) is 123 cm³/mol. The van der Waals surface area contributed by atoms with Crippen LogP contribution in [0.3, 0.4) is 0 Å². The summed E-state index contributed by atoms with van der Waals surface area (Å²) in [7, 11) is 5.18. The molecule has 0 fully saturated rings. The lowest BCUT2D eigenvalue weighted by Gasteiger charge is -2.22. The molecule has 166 valence electrons. The molecule has 0 atom stereocenters. The molecule has 0 N–H and O–H groups in total. The van der Waals surface area contributed by atoms with Crippen LogP contribution in [0.2, 0.25) is 0 Å². The van der Waals surface area contributed by atoms with Crippen molar-refractivity contribution in [2.24, 2.45) is 0 Å². The van der Waals surface area contributed by atoms with Crippen molar-refractivity contribution in [1.29, 1.82) is 0 Å². The van der Waals surface area contributed by atoms with Crippen LogP contribution < -0.4 is 9.47 Å². The molecule has 3 rings (SSSR count). The standard InChI is InChI=1S/C24H30N2O4S/c1-25(14-15-31-19-8-5-4-6-9-19)11-7-12-26-13-10-18-16-21(29-2)22(30-3)17-20(18)23(27)24(26)28/h4-6,8-9,16-17H,7,10-15H2,1-3H3. The predicted octanol–water partition coefficient (Wildman–Crippen LogP) is 3.39. The Balaban J connectivity index is 1.50. The number of nitrogens with zero attached hydrogens (tertiary/aromatic N) is 2. The van der Waals surface area contributed by atoms with Gasteiger partial charge in [-0.2, -0.15) is 0 Å². The third-order valence-electron chi connectivity index (χ3n) is 5.44. The molecule has 0 aromatic heterocycles. The van der Waals surface area contributed by atoms with Crippen molar-refractivity contribution < 1.29 is 19.1 Å². The Morgan fingerprint density at radius 2 is 1.74 bits per heavy atom. The van der Waals surface area contributed by atoms with Gasteiger partial charge in [0.2, 0.25) is 0 Å². The van der Waals surface area contributed by atoms with Crippen molar-refractivity contribution in [2.45, 2.75) is 17.7 Å². The number of carbonyl (C=O) groups excluding carboxylic acids is 2. The zero-order valence-corrected chi connectivity index (χ0v) is 19.2. The maximum atomic E-state index is 12.8. The van der Waals surface area contributed by atoms with Gasteiger partial charge in [-0.3, -0.25) is 9.59 Å². The number of hydrogen-bond acceptors (Lipinski definition) is 6. The molecule has 6 nitrogen and oxygen atoms in total. The summed E-state index contributed by atoms with van der Waals surface area (Å²) in [5, 5.41) is 0. The Labute approximate surface area is 188 Å². The van der Waals surface area contributed by atoms with E-state index in [9.17, 15) is 9.59 Å². The van der Waals surface area contributed by atoms with Crippen LogP contribution in [0.5, 0.6) is 11.5 Å². The Bertz CT molecular complexity index is 904. The number of ether oxygens (including phenoxy) is 2. The van der Waals surface area contributed by atoms with Crippen LogP contribution in [0.1, 0.15) is 22.3 Å². The third kappa shape index (κ3) is 6.02. The first-order valence-corrected chi connectivity index (χ1v) is 11.5. The number of carbonyl (C=O) groups is 2. The summed E-state index contributed by atoms with van der Waals surface area (Å²) in [4.78, 5) is 30.8. The van der Waals surface area contributed by atoms with Crippen molar-refractivity contribution in [3.8, 4) is 11.5 Å². The summed E-state index contributed by atoms with van der Waals surface area (Å²) < 4.78 is 10.6. The lowest BCUT2D eigenvalue weighted by molar-refractivity contribution is -0.126. The fourth-order valence-corrected chi connectivity index (χ4v) is 4.64. The number of Topliss-reactive ketones (excluding diaryl/α,β-unsaturated/α-hetero) is 1. The highest BCUT2D eigenvalue weighted by Crippen LogP contribution is 2.32. The molecule has 2 aromatic rings.